The Bertz CT molecular complexity index is 438. The Hall–Kier alpha value is -2.20. The molecule has 84 valence electrons. The van der Waals surface area contributed by atoms with Crippen LogP contribution in [0.3, 0.4) is 0 Å². The van der Waals surface area contributed by atoms with Gasteiger partial charge in [0, 0.05) is 24.8 Å². The standard InChI is InChI=1S/C9H11N5O2/c1-6(11)4-12-9-8(14(15)16)2-7(3-10)5-13-9/h2,5-6H,4,11H2,1H3,(H,12,13). The Morgan fingerprint density at radius 2 is 2.50 bits per heavy atom. The summed E-state index contributed by atoms with van der Waals surface area (Å²) in [4.78, 5) is 13.9. The van der Waals surface area contributed by atoms with Crippen LogP contribution in [-0.4, -0.2) is 22.5 Å². The molecule has 0 aliphatic heterocycles. The van der Waals surface area contributed by atoms with Crippen molar-refractivity contribution < 1.29 is 4.92 Å². The molecule has 1 unspecified atom stereocenters. The highest BCUT2D eigenvalue weighted by molar-refractivity contribution is 5.58. The number of nitriles is 1. The molecule has 0 bridgehead atoms. The molecule has 0 amide bonds. The third kappa shape index (κ3) is 2.90. The van der Waals surface area contributed by atoms with E-state index in [0.29, 0.717) is 6.54 Å². The summed E-state index contributed by atoms with van der Waals surface area (Å²) < 4.78 is 0. The number of nitrogens with one attached hydrogen (secondary N) is 1. The fraction of sp³-hybridized carbons (Fsp3) is 0.333. The van der Waals surface area contributed by atoms with E-state index in [0.717, 1.165) is 0 Å². The van der Waals surface area contributed by atoms with Crippen LogP contribution in [0.15, 0.2) is 12.3 Å². The number of hydrogen-bond acceptors (Lipinski definition) is 6. The molecule has 0 aliphatic carbocycles. The highest BCUT2D eigenvalue weighted by Gasteiger charge is 2.16. The summed E-state index contributed by atoms with van der Waals surface area (Å²) in [6.07, 6.45) is 1.27. The minimum absolute atomic E-state index is 0.126. The average Bonchev–Trinajstić information content (AvgIpc) is 2.25. The predicted molar refractivity (Wildman–Crippen MR) is 57.7 cm³/mol. The lowest BCUT2D eigenvalue weighted by molar-refractivity contribution is -0.384. The Labute approximate surface area is 92.0 Å². The maximum Gasteiger partial charge on any atom is 0.312 e. The molecule has 1 atom stereocenters. The lowest BCUT2D eigenvalue weighted by Crippen LogP contribution is -2.25. The smallest absolute Gasteiger partial charge is 0.312 e. The van der Waals surface area contributed by atoms with Crippen LogP contribution in [0, 0.1) is 21.4 Å². The quantitative estimate of drug-likeness (QED) is 0.568. The fourth-order valence-electron chi connectivity index (χ4n) is 1.05. The second kappa shape index (κ2) is 5.04. The van der Waals surface area contributed by atoms with Crippen molar-refractivity contribution in [3.63, 3.8) is 0 Å². The first kappa shape index (κ1) is 11.9. The highest BCUT2D eigenvalue weighted by Crippen LogP contribution is 2.22. The molecule has 0 radical (unpaired) electrons. The maximum absolute atomic E-state index is 10.7. The van der Waals surface area contributed by atoms with E-state index >= 15 is 0 Å². The maximum atomic E-state index is 10.7. The van der Waals surface area contributed by atoms with Gasteiger partial charge in [-0.15, -0.1) is 0 Å². The third-order valence-corrected chi connectivity index (χ3v) is 1.78. The number of nitrogens with zero attached hydrogens (tertiary/aromatic N) is 3. The van der Waals surface area contributed by atoms with Crippen LogP contribution in [0.2, 0.25) is 0 Å². The van der Waals surface area contributed by atoms with Gasteiger partial charge in [0.25, 0.3) is 0 Å². The second-order valence-electron chi connectivity index (χ2n) is 3.32. The van der Waals surface area contributed by atoms with Crippen LogP contribution < -0.4 is 11.1 Å². The van der Waals surface area contributed by atoms with E-state index in [1.807, 2.05) is 0 Å². The zero-order valence-corrected chi connectivity index (χ0v) is 8.67. The Kier molecular flexibility index (Phi) is 3.74. The molecule has 1 aromatic rings. The molecule has 1 rings (SSSR count). The van der Waals surface area contributed by atoms with Crippen molar-refractivity contribution in [2.45, 2.75) is 13.0 Å². The lowest BCUT2D eigenvalue weighted by Gasteiger charge is -2.08. The first-order valence-corrected chi connectivity index (χ1v) is 4.58. The van der Waals surface area contributed by atoms with E-state index < -0.39 is 4.92 Å². The van der Waals surface area contributed by atoms with Gasteiger partial charge < -0.3 is 11.1 Å². The number of aromatic nitrogens is 1. The van der Waals surface area contributed by atoms with Crippen molar-refractivity contribution in [3.05, 3.63) is 27.9 Å². The summed E-state index contributed by atoms with van der Waals surface area (Å²) >= 11 is 0. The third-order valence-electron chi connectivity index (χ3n) is 1.78. The summed E-state index contributed by atoms with van der Waals surface area (Å²) in [6, 6.07) is 2.83. The number of anilines is 1. The number of nitrogens with two attached hydrogens (primary N) is 1. The Balaban J connectivity index is 3.00. The summed E-state index contributed by atoms with van der Waals surface area (Å²) in [7, 11) is 0. The van der Waals surface area contributed by atoms with E-state index in [1.54, 1.807) is 13.0 Å². The van der Waals surface area contributed by atoms with E-state index in [4.69, 9.17) is 11.0 Å². The monoisotopic (exact) mass is 221 g/mol. The Morgan fingerprint density at radius 3 is 3.00 bits per heavy atom. The van der Waals surface area contributed by atoms with Gasteiger partial charge in [-0.3, -0.25) is 10.1 Å². The average molecular weight is 221 g/mol. The van der Waals surface area contributed by atoms with E-state index in [9.17, 15) is 10.1 Å². The minimum atomic E-state index is -0.586. The van der Waals surface area contributed by atoms with Crippen LogP contribution >= 0.6 is 0 Å². The highest BCUT2D eigenvalue weighted by atomic mass is 16.6. The molecule has 1 heterocycles. The number of rotatable bonds is 4. The van der Waals surface area contributed by atoms with Crippen molar-refractivity contribution in [1.29, 1.82) is 5.26 Å². The molecular formula is C9H11N5O2. The van der Waals surface area contributed by atoms with Crippen molar-refractivity contribution in [2.75, 3.05) is 11.9 Å². The van der Waals surface area contributed by atoms with Crippen molar-refractivity contribution in [2.24, 2.45) is 5.73 Å². The van der Waals surface area contributed by atoms with Crippen LogP contribution in [-0.2, 0) is 0 Å². The van der Waals surface area contributed by atoms with Crippen LogP contribution in [0.25, 0.3) is 0 Å². The lowest BCUT2D eigenvalue weighted by atomic mass is 10.2. The van der Waals surface area contributed by atoms with Crippen molar-refractivity contribution >= 4 is 11.5 Å². The predicted octanol–water partition coefficient (Wildman–Crippen LogP) is 0.621. The number of pyridine rings is 1. The molecule has 0 fully saturated rings. The fourth-order valence-corrected chi connectivity index (χ4v) is 1.05. The van der Waals surface area contributed by atoms with E-state index in [1.165, 1.54) is 12.3 Å². The molecule has 0 saturated carbocycles. The zero-order valence-electron chi connectivity index (χ0n) is 8.67. The van der Waals surface area contributed by atoms with Gasteiger partial charge in [0.2, 0.25) is 5.82 Å². The van der Waals surface area contributed by atoms with Crippen LogP contribution in [0.5, 0.6) is 0 Å². The van der Waals surface area contributed by atoms with E-state index in [-0.39, 0.29) is 23.1 Å². The SMILES string of the molecule is CC(N)CNc1ncc(C#N)cc1[N+](=O)[O-]. The number of hydrogen-bond donors (Lipinski definition) is 2. The molecule has 7 heteroatoms. The largest absolute Gasteiger partial charge is 0.363 e. The summed E-state index contributed by atoms with van der Waals surface area (Å²) in [5.41, 5.74) is 5.44. The first-order valence-electron chi connectivity index (χ1n) is 4.58. The molecule has 0 aliphatic rings. The van der Waals surface area contributed by atoms with Gasteiger partial charge in [-0.25, -0.2) is 4.98 Å². The van der Waals surface area contributed by atoms with Crippen molar-refractivity contribution in [3.8, 4) is 6.07 Å². The minimum Gasteiger partial charge on any atom is -0.363 e. The molecule has 0 spiro atoms. The molecule has 0 saturated heterocycles. The van der Waals surface area contributed by atoms with Crippen molar-refractivity contribution in [1.82, 2.24) is 4.98 Å². The topological polar surface area (TPSA) is 118 Å². The molecule has 7 nitrogen and oxygen atoms in total. The first-order chi connectivity index (χ1) is 7.54. The van der Waals surface area contributed by atoms with Gasteiger partial charge in [-0.1, -0.05) is 0 Å². The van der Waals surface area contributed by atoms with Crippen LogP contribution in [0.1, 0.15) is 12.5 Å². The zero-order chi connectivity index (χ0) is 12.1. The molecule has 3 N–H and O–H groups in total. The Morgan fingerprint density at radius 1 is 1.81 bits per heavy atom. The van der Waals surface area contributed by atoms with Gasteiger partial charge in [0.1, 0.15) is 6.07 Å². The molecule has 0 aromatic carbocycles. The van der Waals surface area contributed by atoms with Gasteiger partial charge in [0.05, 0.1) is 10.5 Å². The molecular weight excluding hydrogens is 210 g/mol. The van der Waals surface area contributed by atoms with Crippen LogP contribution in [0.4, 0.5) is 11.5 Å². The molecule has 16 heavy (non-hydrogen) atoms. The summed E-state index contributed by atoms with van der Waals surface area (Å²) in [5.74, 6) is 0.126. The van der Waals surface area contributed by atoms with Gasteiger partial charge >= 0.3 is 5.69 Å². The summed E-state index contributed by atoms with van der Waals surface area (Å²) in [5, 5.41) is 22.1. The number of nitro groups is 1. The van der Waals surface area contributed by atoms with Gasteiger partial charge in [-0.05, 0) is 6.92 Å². The molecule has 1 aromatic heterocycles. The normalized spacial score (nSPS) is 11.6. The van der Waals surface area contributed by atoms with Gasteiger partial charge in [0.15, 0.2) is 0 Å². The second-order valence-corrected chi connectivity index (χ2v) is 3.32. The summed E-state index contributed by atoms with van der Waals surface area (Å²) in [6.45, 7) is 2.14. The van der Waals surface area contributed by atoms with Gasteiger partial charge in [-0.2, -0.15) is 5.26 Å². The van der Waals surface area contributed by atoms with E-state index in [2.05, 4.69) is 10.3 Å².